The smallest absolute Gasteiger partial charge is 0.408 e. The van der Waals surface area contributed by atoms with Gasteiger partial charge in [-0.15, -0.1) is 0 Å². The van der Waals surface area contributed by atoms with Crippen molar-refractivity contribution in [3.8, 4) is 0 Å². The Balaban J connectivity index is 2.63. The third-order valence-electron chi connectivity index (χ3n) is 3.38. The number of nitrogens with one attached hydrogen (secondary N) is 2. The van der Waals surface area contributed by atoms with Crippen LogP contribution >= 0.6 is 0 Å². The zero-order valence-electron chi connectivity index (χ0n) is 16.8. The van der Waals surface area contributed by atoms with Crippen LogP contribution in [0.2, 0.25) is 0 Å². The van der Waals surface area contributed by atoms with E-state index in [1.54, 1.807) is 20.8 Å². The Morgan fingerprint density at radius 1 is 1.15 bits per heavy atom. The Bertz CT molecular complexity index is 584. The Kier molecular flexibility index (Phi) is 9.25. The van der Waals surface area contributed by atoms with Gasteiger partial charge in [0.2, 0.25) is 5.91 Å². The molecule has 0 heterocycles. The minimum Gasteiger partial charge on any atom is -0.444 e. The maximum Gasteiger partial charge on any atom is 0.408 e. The lowest BCUT2D eigenvalue weighted by Crippen LogP contribution is -2.49. The molecule has 0 bridgehead atoms. The molecule has 27 heavy (non-hydrogen) atoms. The zero-order valence-corrected chi connectivity index (χ0v) is 16.8. The van der Waals surface area contributed by atoms with Gasteiger partial charge in [-0.3, -0.25) is 4.79 Å². The van der Waals surface area contributed by atoms with E-state index < -0.39 is 29.9 Å². The molecule has 0 radical (unpaired) electrons. The molecule has 1 rings (SSSR count). The van der Waals surface area contributed by atoms with Crippen LogP contribution in [-0.4, -0.2) is 48.2 Å². The van der Waals surface area contributed by atoms with Gasteiger partial charge in [-0.1, -0.05) is 44.2 Å². The molecule has 1 aromatic rings. The van der Waals surface area contributed by atoms with Crippen LogP contribution in [0.5, 0.6) is 0 Å². The van der Waals surface area contributed by atoms with Gasteiger partial charge in [0.25, 0.3) is 0 Å². The van der Waals surface area contributed by atoms with Crippen molar-refractivity contribution in [3.05, 3.63) is 35.9 Å². The molecule has 0 spiro atoms. The monoisotopic (exact) mass is 380 g/mol. The second-order valence-corrected chi connectivity index (χ2v) is 7.84. The molecule has 2 amide bonds. The van der Waals surface area contributed by atoms with Crippen molar-refractivity contribution in [3.63, 3.8) is 0 Å². The largest absolute Gasteiger partial charge is 0.444 e. The average molecular weight is 380 g/mol. The van der Waals surface area contributed by atoms with Gasteiger partial charge >= 0.3 is 6.09 Å². The minimum absolute atomic E-state index is 0.251. The number of carbonyl (C=O) groups is 2. The highest BCUT2D eigenvalue weighted by molar-refractivity contribution is 5.82. The normalized spacial score (nSPS) is 13.7. The molecule has 0 fully saturated rings. The van der Waals surface area contributed by atoms with E-state index in [9.17, 15) is 14.7 Å². The first-order valence-electron chi connectivity index (χ1n) is 9.16. The first-order valence-corrected chi connectivity index (χ1v) is 9.16. The molecule has 0 saturated carbocycles. The van der Waals surface area contributed by atoms with Gasteiger partial charge in [0.1, 0.15) is 12.1 Å². The quantitative estimate of drug-likeness (QED) is 0.571. The van der Waals surface area contributed by atoms with Crippen molar-refractivity contribution < 1.29 is 24.2 Å². The number of aliphatic hydroxyl groups is 1. The number of alkyl carbamates (subject to hydrolysis) is 1. The Morgan fingerprint density at radius 3 is 2.33 bits per heavy atom. The van der Waals surface area contributed by atoms with Gasteiger partial charge < -0.3 is 25.2 Å². The third-order valence-corrected chi connectivity index (χ3v) is 3.38. The lowest BCUT2D eigenvalue weighted by atomic mass is 10.1. The minimum atomic E-state index is -1.15. The highest BCUT2D eigenvalue weighted by Gasteiger charge is 2.23. The molecule has 2 atom stereocenters. The van der Waals surface area contributed by atoms with E-state index in [-0.39, 0.29) is 12.5 Å². The zero-order chi connectivity index (χ0) is 20.4. The summed E-state index contributed by atoms with van der Waals surface area (Å²) in [5.74, 6) is -0.185. The average Bonchev–Trinajstić information content (AvgIpc) is 2.56. The highest BCUT2D eigenvalue weighted by Crippen LogP contribution is 2.09. The fourth-order valence-electron chi connectivity index (χ4n) is 2.22. The van der Waals surface area contributed by atoms with E-state index in [0.717, 1.165) is 5.56 Å². The molecule has 0 saturated heterocycles. The highest BCUT2D eigenvalue weighted by atomic mass is 16.6. The lowest BCUT2D eigenvalue weighted by molar-refractivity contribution is -0.139. The van der Waals surface area contributed by atoms with Crippen LogP contribution in [0.25, 0.3) is 0 Å². The van der Waals surface area contributed by atoms with Gasteiger partial charge in [-0.05, 0) is 38.7 Å². The van der Waals surface area contributed by atoms with Gasteiger partial charge in [-0.2, -0.15) is 0 Å². The van der Waals surface area contributed by atoms with Crippen LogP contribution in [0.3, 0.4) is 0 Å². The molecule has 0 aliphatic rings. The van der Waals surface area contributed by atoms with Crippen LogP contribution in [-0.2, 0) is 20.7 Å². The number of hydrogen-bond acceptors (Lipinski definition) is 5. The molecule has 0 aliphatic carbocycles. The van der Waals surface area contributed by atoms with Crippen molar-refractivity contribution in [2.24, 2.45) is 5.92 Å². The fourth-order valence-corrected chi connectivity index (χ4v) is 2.22. The number of aliphatic hydroxyl groups excluding tert-OH is 1. The van der Waals surface area contributed by atoms with Crippen molar-refractivity contribution in [1.29, 1.82) is 0 Å². The second-order valence-electron chi connectivity index (χ2n) is 7.84. The topological polar surface area (TPSA) is 96.9 Å². The fraction of sp³-hybridized carbons (Fsp3) is 0.600. The Hall–Kier alpha value is -2.12. The summed E-state index contributed by atoms with van der Waals surface area (Å²) in [5.41, 5.74) is 0.312. The lowest BCUT2D eigenvalue weighted by Gasteiger charge is -2.25. The van der Waals surface area contributed by atoms with Crippen LogP contribution in [0.15, 0.2) is 30.3 Å². The van der Waals surface area contributed by atoms with Crippen molar-refractivity contribution in [1.82, 2.24) is 10.6 Å². The van der Waals surface area contributed by atoms with Gasteiger partial charge in [0.15, 0.2) is 6.29 Å². The standard InChI is InChI=1S/C20H32N2O5/c1-14(2)13-26-18(24)16(11-15-9-7-6-8-10-15)22-17(23)12-21-19(25)27-20(3,4)5/h6-10,14,16,18,24H,11-13H2,1-5H3,(H,21,25)(H,22,23)/t16-,18?/m0/s1. The number of amides is 2. The first-order chi connectivity index (χ1) is 12.6. The summed E-state index contributed by atoms with van der Waals surface area (Å²) in [6.45, 7) is 9.29. The van der Waals surface area contributed by atoms with Crippen LogP contribution in [0, 0.1) is 5.92 Å². The number of hydrogen-bond donors (Lipinski definition) is 3. The van der Waals surface area contributed by atoms with Crippen LogP contribution in [0.4, 0.5) is 4.79 Å². The first kappa shape index (κ1) is 22.9. The maximum atomic E-state index is 12.2. The van der Waals surface area contributed by atoms with Gasteiger partial charge in [0, 0.05) is 0 Å². The van der Waals surface area contributed by atoms with Gasteiger partial charge in [0.05, 0.1) is 12.6 Å². The molecule has 7 nitrogen and oxygen atoms in total. The van der Waals surface area contributed by atoms with Crippen molar-refractivity contribution in [2.45, 2.75) is 59.0 Å². The molecular formula is C20H32N2O5. The molecule has 7 heteroatoms. The number of rotatable bonds is 9. The second kappa shape index (κ2) is 10.9. The predicted molar refractivity (Wildman–Crippen MR) is 103 cm³/mol. The molecule has 0 aromatic heterocycles. The summed E-state index contributed by atoms with van der Waals surface area (Å²) in [6, 6.07) is 8.85. The van der Waals surface area contributed by atoms with E-state index >= 15 is 0 Å². The Labute approximate surface area is 161 Å². The summed E-state index contributed by atoms with van der Waals surface area (Å²) in [7, 11) is 0. The molecule has 0 aliphatic heterocycles. The number of ether oxygens (including phenoxy) is 2. The summed E-state index contributed by atoms with van der Waals surface area (Å²) in [6.07, 6.45) is -1.43. The number of benzene rings is 1. The SMILES string of the molecule is CC(C)COC(O)[C@H](Cc1ccccc1)NC(=O)CNC(=O)OC(C)(C)C. The van der Waals surface area contributed by atoms with Crippen LogP contribution < -0.4 is 10.6 Å². The van der Waals surface area contributed by atoms with E-state index in [4.69, 9.17) is 9.47 Å². The maximum absolute atomic E-state index is 12.2. The molecule has 152 valence electrons. The Morgan fingerprint density at radius 2 is 1.78 bits per heavy atom. The summed E-state index contributed by atoms with van der Waals surface area (Å²) in [5, 5.41) is 15.5. The molecule has 1 aromatic carbocycles. The number of carbonyl (C=O) groups excluding carboxylic acids is 2. The molecular weight excluding hydrogens is 348 g/mol. The predicted octanol–water partition coefficient (Wildman–Crippen LogP) is 2.23. The summed E-state index contributed by atoms with van der Waals surface area (Å²) in [4.78, 5) is 23.9. The third kappa shape index (κ3) is 10.6. The van der Waals surface area contributed by atoms with Crippen molar-refractivity contribution >= 4 is 12.0 Å². The molecule has 1 unspecified atom stereocenters. The van der Waals surface area contributed by atoms with Crippen molar-refractivity contribution in [2.75, 3.05) is 13.2 Å². The summed E-state index contributed by atoms with van der Waals surface area (Å²) < 4.78 is 10.6. The summed E-state index contributed by atoms with van der Waals surface area (Å²) >= 11 is 0. The van der Waals surface area contributed by atoms with E-state index in [2.05, 4.69) is 10.6 Å². The van der Waals surface area contributed by atoms with E-state index in [1.807, 2.05) is 44.2 Å². The van der Waals surface area contributed by atoms with Gasteiger partial charge in [-0.25, -0.2) is 4.79 Å². The van der Waals surface area contributed by atoms with Crippen LogP contribution in [0.1, 0.15) is 40.2 Å². The molecule has 3 N–H and O–H groups in total. The van der Waals surface area contributed by atoms with E-state index in [0.29, 0.717) is 13.0 Å². The van der Waals surface area contributed by atoms with E-state index in [1.165, 1.54) is 0 Å².